The summed E-state index contributed by atoms with van der Waals surface area (Å²) in [6, 6.07) is 0.535. The van der Waals surface area contributed by atoms with Crippen LogP contribution < -0.4 is 5.32 Å². The standard InChI is InChI=1S/C14H25N3O/c1-4-14-15-7-8-17(14)10-13-6-5-12(18-13)9-16-11(2)3/h7-8,11-13,16H,4-6,9-10H2,1-3H3. The molecule has 1 fully saturated rings. The van der Waals surface area contributed by atoms with Crippen molar-refractivity contribution in [2.45, 2.75) is 64.8 Å². The van der Waals surface area contributed by atoms with E-state index < -0.39 is 0 Å². The van der Waals surface area contributed by atoms with E-state index in [1.165, 1.54) is 6.42 Å². The molecule has 2 rings (SSSR count). The lowest BCUT2D eigenvalue weighted by Crippen LogP contribution is -2.32. The van der Waals surface area contributed by atoms with Gasteiger partial charge in [0.1, 0.15) is 5.82 Å². The van der Waals surface area contributed by atoms with Gasteiger partial charge in [0, 0.05) is 31.4 Å². The zero-order chi connectivity index (χ0) is 13.0. The number of aryl methyl sites for hydroxylation is 1. The number of ether oxygens (including phenoxy) is 1. The summed E-state index contributed by atoms with van der Waals surface area (Å²) in [5.41, 5.74) is 0. The fourth-order valence-corrected chi connectivity index (χ4v) is 2.47. The lowest BCUT2D eigenvalue weighted by Gasteiger charge is -2.17. The summed E-state index contributed by atoms with van der Waals surface area (Å²) in [7, 11) is 0. The van der Waals surface area contributed by atoms with Gasteiger partial charge in [-0.1, -0.05) is 20.8 Å². The summed E-state index contributed by atoms with van der Waals surface area (Å²) in [5.74, 6) is 1.15. The maximum absolute atomic E-state index is 6.07. The summed E-state index contributed by atoms with van der Waals surface area (Å²) in [5, 5.41) is 3.45. The lowest BCUT2D eigenvalue weighted by molar-refractivity contribution is 0.0348. The largest absolute Gasteiger partial charge is 0.372 e. The first kappa shape index (κ1) is 13.6. The number of hydrogen-bond donors (Lipinski definition) is 1. The van der Waals surface area contributed by atoms with E-state index in [9.17, 15) is 0 Å². The Hall–Kier alpha value is -0.870. The molecular formula is C14H25N3O. The topological polar surface area (TPSA) is 39.1 Å². The van der Waals surface area contributed by atoms with Crippen LogP contribution in [0, 0.1) is 0 Å². The van der Waals surface area contributed by atoms with Gasteiger partial charge in [-0.25, -0.2) is 4.98 Å². The minimum atomic E-state index is 0.350. The van der Waals surface area contributed by atoms with Gasteiger partial charge in [0.05, 0.1) is 18.8 Å². The minimum Gasteiger partial charge on any atom is -0.372 e. The predicted molar refractivity (Wildman–Crippen MR) is 72.6 cm³/mol. The van der Waals surface area contributed by atoms with Crippen LogP contribution in [0.1, 0.15) is 39.4 Å². The van der Waals surface area contributed by atoms with Crippen LogP contribution in [0.4, 0.5) is 0 Å². The molecule has 0 bridgehead atoms. The van der Waals surface area contributed by atoms with Crippen molar-refractivity contribution in [3.63, 3.8) is 0 Å². The Morgan fingerprint density at radius 2 is 2.22 bits per heavy atom. The summed E-state index contributed by atoms with van der Waals surface area (Å²) in [6.07, 6.45) is 7.98. The number of imidazole rings is 1. The highest BCUT2D eigenvalue weighted by Gasteiger charge is 2.25. The highest BCUT2D eigenvalue weighted by molar-refractivity contribution is 4.93. The predicted octanol–water partition coefficient (Wildman–Crippen LogP) is 1.99. The van der Waals surface area contributed by atoms with E-state index in [1.54, 1.807) is 0 Å². The number of aromatic nitrogens is 2. The normalized spacial score (nSPS) is 24.0. The maximum atomic E-state index is 6.07. The van der Waals surface area contributed by atoms with Crippen LogP contribution in [0.2, 0.25) is 0 Å². The lowest BCUT2D eigenvalue weighted by atomic mass is 10.2. The van der Waals surface area contributed by atoms with Crippen molar-refractivity contribution in [3.8, 4) is 0 Å². The van der Waals surface area contributed by atoms with Gasteiger partial charge in [-0.3, -0.25) is 0 Å². The van der Waals surface area contributed by atoms with Gasteiger partial charge >= 0.3 is 0 Å². The number of rotatable bonds is 6. The second kappa shape index (κ2) is 6.34. The SMILES string of the molecule is CCc1nccn1CC1CCC(CNC(C)C)O1. The van der Waals surface area contributed by atoms with E-state index in [-0.39, 0.29) is 0 Å². The Labute approximate surface area is 110 Å². The van der Waals surface area contributed by atoms with Crippen LogP contribution in [0.5, 0.6) is 0 Å². The zero-order valence-electron chi connectivity index (χ0n) is 11.7. The average Bonchev–Trinajstić information content (AvgIpc) is 2.96. The molecule has 18 heavy (non-hydrogen) atoms. The molecule has 0 spiro atoms. The third-order valence-electron chi connectivity index (χ3n) is 3.47. The summed E-state index contributed by atoms with van der Waals surface area (Å²) < 4.78 is 8.30. The minimum absolute atomic E-state index is 0.350. The zero-order valence-corrected chi connectivity index (χ0v) is 11.7. The molecule has 0 radical (unpaired) electrons. The molecule has 4 nitrogen and oxygen atoms in total. The summed E-state index contributed by atoms with van der Waals surface area (Å²) in [4.78, 5) is 4.35. The molecule has 102 valence electrons. The molecule has 1 aliphatic rings. The van der Waals surface area contributed by atoms with Crippen LogP contribution in [0.3, 0.4) is 0 Å². The molecule has 1 aromatic rings. The fraction of sp³-hybridized carbons (Fsp3) is 0.786. The second-order valence-electron chi connectivity index (χ2n) is 5.37. The first-order valence-corrected chi connectivity index (χ1v) is 7.08. The van der Waals surface area contributed by atoms with Crippen LogP contribution in [0.25, 0.3) is 0 Å². The molecular weight excluding hydrogens is 226 g/mol. The molecule has 4 heteroatoms. The van der Waals surface area contributed by atoms with Gasteiger partial charge < -0.3 is 14.6 Å². The molecule has 0 amide bonds. The van der Waals surface area contributed by atoms with Crippen LogP contribution in [0.15, 0.2) is 12.4 Å². The van der Waals surface area contributed by atoms with E-state index in [1.807, 2.05) is 6.20 Å². The molecule has 2 atom stereocenters. The quantitative estimate of drug-likeness (QED) is 0.840. The van der Waals surface area contributed by atoms with E-state index >= 15 is 0 Å². The van der Waals surface area contributed by atoms with Crippen molar-refractivity contribution in [2.75, 3.05) is 6.54 Å². The molecule has 1 saturated heterocycles. The highest BCUT2D eigenvalue weighted by atomic mass is 16.5. The van der Waals surface area contributed by atoms with Crippen LogP contribution in [-0.4, -0.2) is 34.3 Å². The first-order valence-electron chi connectivity index (χ1n) is 7.08. The van der Waals surface area contributed by atoms with Crippen molar-refractivity contribution < 1.29 is 4.74 Å². The van der Waals surface area contributed by atoms with Crippen molar-refractivity contribution in [1.82, 2.24) is 14.9 Å². The summed E-state index contributed by atoms with van der Waals surface area (Å²) in [6.45, 7) is 8.40. The molecule has 2 unspecified atom stereocenters. The van der Waals surface area contributed by atoms with E-state index in [0.29, 0.717) is 18.2 Å². The Bertz CT molecular complexity index is 362. The van der Waals surface area contributed by atoms with E-state index in [2.05, 4.69) is 41.8 Å². The second-order valence-corrected chi connectivity index (χ2v) is 5.37. The van der Waals surface area contributed by atoms with Gasteiger partial charge in [0.25, 0.3) is 0 Å². The third kappa shape index (κ3) is 3.56. The third-order valence-corrected chi connectivity index (χ3v) is 3.47. The van der Waals surface area contributed by atoms with Crippen molar-refractivity contribution in [1.29, 1.82) is 0 Å². The van der Waals surface area contributed by atoms with Gasteiger partial charge in [-0.15, -0.1) is 0 Å². The molecule has 2 heterocycles. The Morgan fingerprint density at radius 1 is 1.44 bits per heavy atom. The monoisotopic (exact) mass is 251 g/mol. The highest BCUT2D eigenvalue weighted by Crippen LogP contribution is 2.21. The molecule has 0 aliphatic carbocycles. The van der Waals surface area contributed by atoms with Gasteiger partial charge in [0.15, 0.2) is 0 Å². The smallest absolute Gasteiger partial charge is 0.108 e. The maximum Gasteiger partial charge on any atom is 0.108 e. The van der Waals surface area contributed by atoms with E-state index in [0.717, 1.165) is 31.8 Å². The van der Waals surface area contributed by atoms with Crippen molar-refractivity contribution >= 4 is 0 Å². The first-order chi connectivity index (χ1) is 8.69. The van der Waals surface area contributed by atoms with Crippen molar-refractivity contribution in [3.05, 3.63) is 18.2 Å². The fourth-order valence-electron chi connectivity index (χ4n) is 2.47. The Kier molecular flexibility index (Phi) is 4.78. The van der Waals surface area contributed by atoms with Gasteiger partial charge in [-0.05, 0) is 12.8 Å². The molecule has 1 aliphatic heterocycles. The molecule has 1 N–H and O–H groups in total. The van der Waals surface area contributed by atoms with Crippen LogP contribution in [-0.2, 0) is 17.7 Å². The van der Waals surface area contributed by atoms with E-state index in [4.69, 9.17) is 4.74 Å². The van der Waals surface area contributed by atoms with Gasteiger partial charge in [0.2, 0.25) is 0 Å². The number of hydrogen-bond acceptors (Lipinski definition) is 3. The van der Waals surface area contributed by atoms with Crippen LogP contribution >= 0.6 is 0 Å². The number of nitrogens with one attached hydrogen (secondary N) is 1. The average molecular weight is 251 g/mol. The Morgan fingerprint density at radius 3 is 2.94 bits per heavy atom. The Balaban J connectivity index is 1.79. The summed E-state index contributed by atoms with van der Waals surface area (Å²) >= 11 is 0. The van der Waals surface area contributed by atoms with Crippen molar-refractivity contribution in [2.24, 2.45) is 0 Å². The molecule has 1 aromatic heterocycles. The number of nitrogens with zero attached hydrogens (tertiary/aromatic N) is 2. The molecule has 0 saturated carbocycles. The molecule has 0 aromatic carbocycles. The van der Waals surface area contributed by atoms with Gasteiger partial charge in [-0.2, -0.15) is 0 Å².